The van der Waals surface area contributed by atoms with Gasteiger partial charge in [0.05, 0.1) is 0 Å². The summed E-state index contributed by atoms with van der Waals surface area (Å²) in [4.78, 5) is 23.0. The van der Waals surface area contributed by atoms with Crippen LogP contribution in [0.2, 0.25) is 0 Å². The maximum atomic E-state index is 11.9. The van der Waals surface area contributed by atoms with Crippen molar-refractivity contribution < 1.29 is 14.7 Å². The van der Waals surface area contributed by atoms with Gasteiger partial charge in [0.2, 0.25) is 0 Å². The highest BCUT2D eigenvalue weighted by atomic mass is 16.4. The number of carbonyl (C=O) groups excluding carboxylic acids is 1. The Morgan fingerprint density at radius 3 is 2.26 bits per heavy atom. The van der Waals surface area contributed by atoms with Crippen molar-refractivity contribution in [1.29, 1.82) is 0 Å². The molecule has 0 aliphatic heterocycles. The Bertz CT molecular complexity index is 314. The van der Waals surface area contributed by atoms with E-state index in [2.05, 4.69) is 10.6 Å². The molecule has 0 radical (unpaired) electrons. The molecule has 0 spiro atoms. The lowest BCUT2D eigenvalue weighted by molar-refractivity contribution is -0.140. The van der Waals surface area contributed by atoms with Gasteiger partial charge in [0.1, 0.15) is 6.04 Å². The minimum Gasteiger partial charge on any atom is -0.480 e. The second-order valence-electron chi connectivity index (χ2n) is 5.65. The third kappa shape index (κ3) is 4.73. The van der Waals surface area contributed by atoms with Crippen LogP contribution in [0.3, 0.4) is 0 Å². The number of urea groups is 1. The molecule has 1 rings (SSSR count). The largest absolute Gasteiger partial charge is 0.480 e. The number of nitrogens with one attached hydrogen (secondary N) is 2. The zero-order chi connectivity index (χ0) is 14.4. The van der Waals surface area contributed by atoms with Crippen LogP contribution in [-0.2, 0) is 4.79 Å². The van der Waals surface area contributed by atoms with Gasteiger partial charge in [-0.05, 0) is 31.6 Å². The van der Waals surface area contributed by atoms with Crippen molar-refractivity contribution >= 4 is 12.0 Å². The van der Waals surface area contributed by atoms with Crippen LogP contribution in [0.4, 0.5) is 4.79 Å². The van der Waals surface area contributed by atoms with E-state index < -0.39 is 12.0 Å². The fraction of sp³-hybridized carbons (Fsp3) is 0.857. The monoisotopic (exact) mass is 270 g/mol. The molecule has 110 valence electrons. The average Bonchev–Trinajstić information content (AvgIpc) is 2.88. The van der Waals surface area contributed by atoms with E-state index in [1.54, 1.807) is 0 Å². The summed E-state index contributed by atoms with van der Waals surface area (Å²) in [6.07, 6.45) is 5.46. The van der Waals surface area contributed by atoms with E-state index in [0.717, 1.165) is 19.3 Å². The summed E-state index contributed by atoms with van der Waals surface area (Å²) in [5.74, 6) is -0.527. The number of rotatable bonds is 6. The van der Waals surface area contributed by atoms with Gasteiger partial charge in [-0.2, -0.15) is 0 Å². The third-order valence-corrected chi connectivity index (χ3v) is 4.23. The number of carbonyl (C=O) groups is 2. The molecule has 19 heavy (non-hydrogen) atoms. The van der Waals surface area contributed by atoms with Gasteiger partial charge in [0.25, 0.3) is 0 Å². The summed E-state index contributed by atoms with van der Waals surface area (Å²) in [7, 11) is 0. The summed E-state index contributed by atoms with van der Waals surface area (Å²) in [6.45, 7) is 5.75. The molecule has 1 aliphatic rings. The Morgan fingerprint density at radius 1 is 1.21 bits per heavy atom. The predicted octanol–water partition coefficient (Wildman–Crippen LogP) is 2.36. The smallest absolute Gasteiger partial charge is 0.326 e. The van der Waals surface area contributed by atoms with Gasteiger partial charge in [-0.25, -0.2) is 9.59 Å². The second-order valence-corrected chi connectivity index (χ2v) is 5.65. The van der Waals surface area contributed by atoms with Crippen LogP contribution in [-0.4, -0.2) is 29.2 Å². The first-order valence-electron chi connectivity index (χ1n) is 7.25. The van der Waals surface area contributed by atoms with Gasteiger partial charge in [-0.1, -0.05) is 33.1 Å². The van der Waals surface area contributed by atoms with Gasteiger partial charge in [0.15, 0.2) is 0 Å². The summed E-state index contributed by atoms with van der Waals surface area (Å²) < 4.78 is 0. The number of carboxylic acids is 1. The van der Waals surface area contributed by atoms with Crippen LogP contribution < -0.4 is 10.6 Å². The Morgan fingerprint density at radius 2 is 1.79 bits per heavy atom. The molecular formula is C14H26N2O3. The van der Waals surface area contributed by atoms with E-state index in [-0.39, 0.29) is 18.0 Å². The Balaban J connectivity index is 2.45. The van der Waals surface area contributed by atoms with Crippen LogP contribution in [0.5, 0.6) is 0 Å². The van der Waals surface area contributed by atoms with Crippen LogP contribution in [0.25, 0.3) is 0 Å². The van der Waals surface area contributed by atoms with Crippen molar-refractivity contribution in [1.82, 2.24) is 10.6 Å². The van der Waals surface area contributed by atoms with Crippen molar-refractivity contribution in [3.63, 3.8) is 0 Å². The first-order valence-corrected chi connectivity index (χ1v) is 7.25. The third-order valence-electron chi connectivity index (χ3n) is 4.23. The molecule has 5 heteroatoms. The lowest BCUT2D eigenvalue weighted by Gasteiger charge is -2.24. The highest BCUT2D eigenvalue weighted by Crippen LogP contribution is 2.27. The van der Waals surface area contributed by atoms with Gasteiger partial charge in [-0.3, -0.25) is 0 Å². The molecule has 3 N–H and O–H groups in total. The SMILES string of the molecule is CC[C@H](C)[C@H](NC(=O)NC(C)C1CCCC1)C(=O)O. The van der Waals surface area contributed by atoms with Crippen LogP contribution in [0.1, 0.15) is 52.9 Å². The van der Waals surface area contributed by atoms with E-state index in [9.17, 15) is 9.59 Å². The number of amides is 2. The molecule has 0 saturated heterocycles. The fourth-order valence-corrected chi connectivity index (χ4v) is 2.65. The highest BCUT2D eigenvalue weighted by molar-refractivity contribution is 5.82. The molecule has 2 amide bonds. The van der Waals surface area contributed by atoms with Crippen LogP contribution >= 0.6 is 0 Å². The summed E-state index contributed by atoms with van der Waals surface area (Å²) >= 11 is 0. The molecule has 1 saturated carbocycles. The first-order chi connectivity index (χ1) is 8.95. The van der Waals surface area contributed by atoms with Gasteiger partial charge < -0.3 is 15.7 Å². The highest BCUT2D eigenvalue weighted by Gasteiger charge is 2.27. The summed E-state index contributed by atoms with van der Waals surface area (Å²) in [5, 5.41) is 14.6. The molecule has 1 fully saturated rings. The zero-order valence-electron chi connectivity index (χ0n) is 12.1. The molecule has 1 unspecified atom stereocenters. The molecule has 3 atom stereocenters. The Kier molecular flexibility index (Phi) is 6.12. The maximum absolute atomic E-state index is 11.9. The molecule has 0 aromatic heterocycles. The topological polar surface area (TPSA) is 78.4 Å². The summed E-state index contributed by atoms with van der Waals surface area (Å²) in [6, 6.07) is -1.08. The first kappa shape index (κ1) is 15.8. The molecule has 1 aliphatic carbocycles. The van der Waals surface area contributed by atoms with Crippen molar-refractivity contribution in [2.45, 2.75) is 65.0 Å². The van der Waals surface area contributed by atoms with Gasteiger partial charge in [0, 0.05) is 6.04 Å². The van der Waals surface area contributed by atoms with E-state index in [4.69, 9.17) is 5.11 Å². The maximum Gasteiger partial charge on any atom is 0.326 e. The van der Waals surface area contributed by atoms with E-state index in [1.807, 2.05) is 20.8 Å². The quantitative estimate of drug-likeness (QED) is 0.693. The zero-order valence-corrected chi connectivity index (χ0v) is 12.1. The second kappa shape index (κ2) is 7.36. The fourth-order valence-electron chi connectivity index (χ4n) is 2.65. The van der Waals surface area contributed by atoms with Gasteiger partial charge in [-0.15, -0.1) is 0 Å². The summed E-state index contributed by atoms with van der Waals surface area (Å²) in [5.41, 5.74) is 0. The molecule has 0 aromatic rings. The van der Waals surface area contributed by atoms with Gasteiger partial charge >= 0.3 is 12.0 Å². The van der Waals surface area contributed by atoms with E-state index in [1.165, 1.54) is 12.8 Å². The number of aliphatic carboxylic acids is 1. The Labute approximate surface area is 115 Å². The minimum absolute atomic E-state index is 0.0787. The molecule has 5 nitrogen and oxygen atoms in total. The number of hydrogen-bond donors (Lipinski definition) is 3. The van der Waals surface area contributed by atoms with Crippen LogP contribution in [0.15, 0.2) is 0 Å². The molecular weight excluding hydrogens is 244 g/mol. The molecule has 0 bridgehead atoms. The predicted molar refractivity (Wildman–Crippen MR) is 74.0 cm³/mol. The normalized spacial score (nSPS) is 20.6. The van der Waals surface area contributed by atoms with E-state index >= 15 is 0 Å². The molecule has 0 aromatic carbocycles. The minimum atomic E-state index is -0.974. The van der Waals surface area contributed by atoms with Crippen LogP contribution in [0, 0.1) is 11.8 Å². The lowest BCUT2D eigenvalue weighted by atomic mass is 9.99. The van der Waals surface area contributed by atoms with E-state index in [0.29, 0.717) is 5.92 Å². The van der Waals surface area contributed by atoms with Crippen molar-refractivity contribution in [3.8, 4) is 0 Å². The Hall–Kier alpha value is -1.26. The number of carboxylic acid groups (broad SMARTS) is 1. The van der Waals surface area contributed by atoms with Crippen molar-refractivity contribution in [2.24, 2.45) is 11.8 Å². The number of hydrogen-bond acceptors (Lipinski definition) is 2. The lowest BCUT2D eigenvalue weighted by Crippen LogP contribution is -2.51. The molecule has 0 heterocycles. The average molecular weight is 270 g/mol. The van der Waals surface area contributed by atoms with Crippen molar-refractivity contribution in [2.75, 3.05) is 0 Å². The van der Waals surface area contributed by atoms with Crippen molar-refractivity contribution in [3.05, 3.63) is 0 Å². The standard InChI is InChI=1S/C14H26N2O3/c1-4-9(2)12(13(17)18)16-14(19)15-10(3)11-7-5-6-8-11/h9-12H,4-8H2,1-3H3,(H,17,18)(H2,15,16,19)/t9-,10?,12-/m0/s1.